The van der Waals surface area contributed by atoms with Gasteiger partial charge in [-0.1, -0.05) is 5.11 Å². The molecule has 0 aromatic heterocycles. The molecule has 2 N–H and O–H groups in total. The van der Waals surface area contributed by atoms with Gasteiger partial charge in [0, 0.05) is 11.5 Å². The van der Waals surface area contributed by atoms with Gasteiger partial charge >= 0.3 is 0 Å². The Morgan fingerprint density at radius 2 is 2.00 bits per heavy atom. The van der Waals surface area contributed by atoms with Crippen LogP contribution in [0.3, 0.4) is 0 Å². The van der Waals surface area contributed by atoms with Crippen molar-refractivity contribution in [3.8, 4) is 0 Å². The predicted octanol–water partition coefficient (Wildman–Crippen LogP) is 0.554. The summed E-state index contributed by atoms with van der Waals surface area (Å²) >= 11 is 0. The molecular formula is C6H14N4O3S. The molecule has 0 aromatic rings. The van der Waals surface area contributed by atoms with Crippen LogP contribution >= 0.6 is 0 Å². The fourth-order valence-electron chi connectivity index (χ4n) is 0.824. The molecule has 0 aliphatic heterocycles. The lowest BCUT2D eigenvalue weighted by Gasteiger charge is -2.01. The van der Waals surface area contributed by atoms with Gasteiger partial charge in [0.25, 0.3) is 10.1 Å². The second-order valence-corrected chi connectivity index (χ2v) is 4.27. The molecule has 0 amide bonds. The lowest BCUT2D eigenvalue weighted by Crippen LogP contribution is -2.19. The fourth-order valence-corrected chi connectivity index (χ4v) is 1.33. The molecule has 0 atom stereocenters. The molecule has 0 heterocycles. The number of nitrogens with one attached hydrogen (secondary N) is 1. The number of azide groups is 1. The maximum atomic E-state index is 10.3. The average molecular weight is 222 g/mol. The molecule has 0 unspecified atom stereocenters. The summed E-state index contributed by atoms with van der Waals surface area (Å²) in [6.45, 7) is 1.63. The van der Waals surface area contributed by atoms with Gasteiger partial charge in [0.1, 0.15) is 0 Å². The van der Waals surface area contributed by atoms with Gasteiger partial charge in [-0.2, -0.15) is 8.42 Å². The summed E-state index contributed by atoms with van der Waals surface area (Å²) in [5.74, 6) is -0.226. The van der Waals surface area contributed by atoms with Crippen LogP contribution in [0.15, 0.2) is 5.11 Å². The van der Waals surface area contributed by atoms with Crippen molar-refractivity contribution in [1.29, 1.82) is 0 Å². The van der Waals surface area contributed by atoms with Crippen LogP contribution < -0.4 is 5.32 Å². The zero-order valence-electron chi connectivity index (χ0n) is 7.76. The molecule has 7 nitrogen and oxygen atoms in total. The standard InChI is InChI=1S/C6H14N4O3S/c7-10-9-5-1-3-8-4-2-6-14(11,12)13/h8H,1-6H2,(H,11,12,13). The summed E-state index contributed by atoms with van der Waals surface area (Å²) in [6, 6.07) is 0. The molecule has 0 aliphatic carbocycles. The Morgan fingerprint density at radius 3 is 2.57 bits per heavy atom. The Balaban J connectivity index is 3.18. The van der Waals surface area contributed by atoms with Crippen LogP contribution in [0.25, 0.3) is 10.4 Å². The minimum absolute atomic E-state index is 0.226. The van der Waals surface area contributed by atoms with Crippen molar-refractivity contribution in [2.24, 2.45) is 5.11 Å². The molecule has 0 bridgehead atoms. The molecule has 0 saturated heterocycles. The smallest absolute Gasteiger partial charge is 0.264 e. The van der Waals surface area contributed by atoms with Crippen molar-refractivity contribution in [3.63, 3.8) is 0 Å². The zero-order chi connectivity index (χ0) is 10.9. The van der Waals surface area contributed by atoms with Crippen molar-refractivity contribution in [2.75, 3.05) is 25.4 Å². The van der Waals surface area contributed by atoms with E-state index >= 15 is 0 Å². The van der Waals surface area contributed by atoms with Gasteiger partial charge in [0.05, 0.1) is 5.75 Å². The zero-order valence-corrected chi connectivity index (χ0v) is 8.57. The monoisotopic (exact) mass is 222 g/mol. The third-order valence-corrected chi connectivity index (χ3v) is 2.24. The molecule has 0 aliphatic rings. The molecule has 14 heavy (non-hydrogen) atoms. The maximum Gasteiger partial charge on any atom is 0.264 e. The highest BCUT2D eigenvalue weighted by atomic mass is 32.2. The molecule has 0 rings (SSSR count). The van der Waals surface area contributed by atoms with Crippen LogP contribution in [-0.2, 0) is 10.1 Å². The van der Waals surface area contributed by atoms with Crippen LogP contribution in [0.4, 0.5) is 0 Å². The van der Waals surface area contributed by atoms with Crippen LogP contribution in [0.5, 0.6) is 0 Å². The van der Waals surface area contributed by atoms with E-state index in [4.69, 9.17) is 10.1 Å². The van der Waals surface area contributed by atoms with Crippen molar-refractivity contribution in [2.45, 2.75) is 12.8 Å². The molecule has 0 radical (unpaired) electrons. The van der Waals surface area contributed by atoms with Gasteiger partial charge in [-0.05, 0) is 31.5 Å². The Labute approximate surface area is 82.9 Å². The lowest BCUT2D eigenvalue weighted by molar-refractivity contribution is 0.479. The highest BCUT2D eigenvalue weighted by Gasteiger charge is 2.02. The van der Waals surface area contributed by atoms with Crippen LogP contribution in [0.1, 0.15) is 12.8 Å². The van der Waals surface area contributed by atoms with E-state index in [-0.39, 0.29) is 5.75 Å². The maximum absolute atomic E-state index is 10.3. The largest absolute Gasteiger partial charge is 0.317 e. The second-order valence-electron chi connectivity index (χ2n) is 2.70. The Kier molecular flexibility index (Phi) is 7.13. The van der Waals surface area contributed by atoms with E-state index in [1.165, 1.54) is 0 Å². The molecule has 0 spiro atoms. The highest BCUT2D eigenvalue weighted by molar-refractivity contribution is 7.85. The van der Waals surface area contributed by atoms with Gasteiger partial charge in [-0.15, -0.1) is 0 Å². The van der Waals surface area contributed by atoms with E-state index in [1.807, 2.05) is 0 Å². The Bertz CT molecular complexity index is 283. The van der Waals surface area contributed by atoms with Crippen molar-refractivity contribution < 1.29 is 13.0 Å². The van der Waals surface area contributed by atoms with Crippen molar-refractivity contribution in [3.05, 3.63) is 10.4 Å². The topological polar surface area (TPSA) is 115 Å². The van der Waals surface area contributed by atoms with E-state index < -0.39 is 10.1 Å². The van der Waals surface area contributed by atoms with Gasteiger partial charge in [0.2, 0.25) is 0 Å². The van der Waals surface area contributed by atoms with Crippen molar-refractivity contribution >= 4 is 10.1 Å². The van der Waals surface area contributed by atoms with Gasteiger partial charge in [-0.3, -0.25) is 4.55 Å². The summed E-state index contributed by atoms with van der Waals surface area (Å²) in [4.78, 5) is 2.59. The number of nitrogens with zero attached hydrogens (tertiary/aromatic N) is 3. The first-order chi connectivity index (χ1) is 6.56. The summed E-state index contributed by atoms with van der Waals surface area (Å²) in [6.07, 6.45) is 1.09. The Hall–Kier alpha value is -0.820. The number of rotatable bonds is 8. The normalized spacial score (nSPS) is 10.9. The predicted molar refractivity (Wildman–Crippen MR) is 52.5 cm³/mol. The Morgan fingerprint density at radius 1 is 1.36 bits per heavy atom. The van der Waals surface area contributed by atoms with E-state index in [0.717, 1.165) is 6.42 Å². The van der Waals surface area contributed by atoms with E-state index in [0.29, 0.717) is 26.1 Å². The summed E-state index contributed by atoms with van der Waals surface area (Å²) in [5.41, 5.74) is 7.94. The van der Waals surface area contributed by atoms with E-state index in [1.54, 1.807) is 0 Å². The van der Waals surface area contributed by atoms with E-state index in [9.17, 15) is 8.42 Å². The fraction of sp³-hybridized carbons (Fsp3) is 1.00. The highest BCUT2D eigenvalue weighted by Crippen LogP contribution is 1.86. The molecule has 82 valence electrons. The van der Waals surface area contributed by atoms with Gasteiger partial charge < -0.3 is 5.32 Å². The minimum atomic E-state index is -3.83. The number of hydrogen-bond acceptors (Lipinski definition) is 4. The summed E-state index contributed by atoms with van der Waals surface area (Å²) in [7, 11) is -3.83. The summed E-state index contributed by atoms with van der Waals surface area (Å²) in [5, 5.41) is 6.29. The van der Waals surface area contributed by atoms with Crippen LogP contribution in [0, 0.1) is 0 Å². The molecular weight excluding hydrogens is 208 g/mol. The molecule has 8 heteroatoms. The lowest BCUT2D eigenvalue weighted by atomic mass is 10.4. The van der Waals surface area contributed by atoms with Gasteiger partial charge in [0.15, 0.2) is 0 Å². The average Bonchev–Trinajstić information content (AvgIpc) is 2.08. The van der Waals surface area contributed by atoms with Gasteiger partial charge in [-0.25, -0.2) is 0 Å². The SMILES string of the molecule is [N-]=[N+]=NCCCNCCCS(=O)(=O)O. The van der Waals surface area contributed by atoms with E-state index in [2.05, 4.69) is 15.3 Å². The third kappa shape index (κ3) is 11.2. The molecule has 0 saturated carbocycles. The molecule has 0 aromatic carbocycles. The van der Waals surface area contributed by atoms with Crippen molar-refractivity contribution in [1.82, 2.24) is 5.32 Å². The minimum Gasteiger partial charge on any atom is -0.317 e. The number of hydrogen-bond donors (Lipinski definition) is 2. The first kappa shape index (κ1) is 13.2. The molecule has 0 fully saturated rings. The summed E-state index contributed by atoms with van der Waals surface area (Å²) < 4.78 is 28.9. The third-order valence-electron chi connectivity index (χ3n) is 1.43. The second kappa shape index (κ2) is 7.57. The first-order valence-electron chi connectivity index (χ1n) is 4.23. The first-order valence-corrected chi connectivity index (χ1v) is 5.84. The quantitative estimate of drug-likeness (QED) is 0.205. The van der Waals surface area contributed by atoms with Crippen LogP contribution in [0.2, 0.25) is 0 Å². The van der Waals surface area contributed by atoms with Crippen LogP contribution in [-0.4, -0.2) is 38.4 Å².